The summed E-state index contributed by atoms with van der Waals surface area (Å²) in [6, 6.07) is 5.21. The molecular weight excluding hydrogens is 214 g/mol. The first-order valence-corrected chi connectivity index (χ1v) is 5.01. The van der Waals surface area contributed by atoms with E-state index < -0.39 is 12.4 Å². The molecule has 0 spiro atoms. The monoisotopic (exact) mass is 228 g/mol. The summed E-state index contributed by atoms with van der Waals surface area (Å²) in [4.78, 5) is 1.98. The second-order valence-electron chi connectivity index (χ2n) is 3.91. The summed E-state index contributed by atoms with van der Waals surface area (Å²) < 4.78 is 36.9. The number of likely N-dealkylation sites (N-methyl/N-ethyl adjacent to an activating group) is 1. The minimum absolute atomic E-state index is 0.551. The Morgan fingerprint density at radius 2 is 1.69 bits per heavy atom. The average Bonchev–Trinajstić information content (AvgIpc) is 2.16. The number of hydrogen-bond donors (Lipinski definition) is 0. The van der Waals surface area contributed by atoms with Crippen LogP contribution in [0.25, 0.3) is 6.08 Å². The summed E-state index contributed by atoms with van der Waals surface area (Å²) in [5, 5.41) is 0. The molecule has 88 valence electrons. The number of nitrogens with zero attached hydrogens (tertiary/aromatic N) is 1. The number of rotatable bonds is 4. The quantitative estimate of drug-likeness (QED) is 0.714. The van der Waals surface area contributed by atoms with Crippen molar-refractivity contribution in [3.63, 3.8) is 0 Å². The molecule has 1 nitrogen and oxygen atoms in total. The lowest BCUT2D eigenvalue weighted by Crippen LogP contribution is -2.33. The van der Waals surface area contributed by atoms with Crippen molar-refractivity contribution < 1.29 is 12.9 Å². The van der Waals surface area contributed by atoms with Crippen LogP contribution in [0.1, 0.15) is 5.56 Å². The Bertz CT molecular complexity index is 354. The Morgan fingerprint density at radius 3 is 2.12 bits per heavy atom. The van der Waals surface area contributed by atoms with Gasteiger partial charge in [0.15, 0.2) is 0 Å². The average molecular weight is 228 g/mol. The second kappa shape index (κ2) is 5.21. The van der Waals surface area contributed by atoms with Gasteiger partial charge in [-0.1, -0.05) is 36.4 Å². The van der Waals surface area contributed by atoms with Crippen LogP contribution in [-0.4, -0.2) is 32.5 Å². The summed E-state index contributed by atoms with van der Waals surface area (Å²) >= 11 is 0. The molecule has 0 atom stereocenters. The fourth-order valence-electron chi connectivity index (χ4n) is 1.22. The van der Waals surface area contributed by atoms with Crippen LogP contribution in [0, 0.1) is 0 Å². The predicted molar refractivity (Wildman–Crippen MR) is 62.7 cm³/mol. The molecule has 5 heteroatoms. The molecule has 0 amide bonds. The summed E-state index contributed by atoms with van der Waals surface area (Å²) in [5.41, 5.74) is 0.232. The smallest absolute Gasteiger partial charge is 0.445 e. The highest BCUT2D eigenvalue weighted by Crippen LogP contribution is 2.10. The maximum atomic E-state index is 12.3. The molecule has 0 saturated carbocycles. The van der Waals surface area contributed by atoms with E-state index in [0.29, 0.717) is 0 Å². The van der Waals surface area contributed by atoms with Gasteiger partial charge in [-0.05, 0) is 19.7 Å². The summed E-state index contributed by atoms with van der Waals surface area (Å²) in [6.45, 7) is -4.11. The minimum atomic E-state index is -4.88. The SMILES string of the molecule is CN(C)C/C=C/c1ccc([B-](F)(F)F)cc1. The summed E-state index contributed by atoms with van der Waals surface area (Å²) in [7, 11) is 3.86. The molecule has 1 aromatic carbocycles. The molecule has 0 heterocycles. The molecular formula is C11H14BF3N-. The fraction of sp³-hybridized carbons (Fsp3) is 0.273. The van der Waals surface area contributed by atoms with Gasteiger partial charge in [-0.15, -0.1) is 5.46 Å². The van der Waals surface area contributed by atoms with Crippen molar-refractivity contribution in [1.82, 2.24) is 4.90 Å². The molecule has 0 bridgehead atoms. The van der Waals surface area contributed by atoms with E-state index in [2.05, 4.69) is 0 Å². The molecule has 1 rings (SSSR count). The van der Waals surface area contributed by atoms with Crippen LogP contribution in [0.15, 0.2) is 30.3 Å². The molecule has 0 aromatic heterocycles. The van der Waals surface area contributed by atoms with Gasteiger partial charge in [0, 0.05) is 6.54 Å². The van der Waals surface area contributed by atoms with Crippen molar-refractivity contribution in [3.8, 4) is 0 Å². The van der Waals surface area contributed by atoms with Gasteiger partial charge in [0.05, 0.1) is 0 Å². The van der Waals surface area contributed by atoms with Crippen molar-refractivity contribution >= 4 is 18.5 Å². The molecule has 0 radical (unpaired) electrons. The third kappa shape index (κ3) is 4.10. The second-order valence-corrected chi connectivity index (χ2v) is 3.91. The molecule has 0 fully saturated rings. The Hall–Kier alpha value is -1.23. The predicted octanol–water partition coefficient (Wildman–Crippen LogP) is 2.32. The first-order chi connectivity index (χ1) is 7.39. The van der Waals surface area contributed by atoms with Crippen molar-refractivity contribution in [3.05, 3.63) is 35.9 Å². The van der Waals surface area contributed by atoms with E-state index in [9.17, 15) is 12.9 Å². The van der Waals surface area contributed by atoms with Crippen molar-refractivity contribution in [2.24, 2.45) is 0 Å². The maximum Gasteiger partial charge on any atom is 0.509 e. The molecule has 0 unspecified atom stereocenters. The van der Waals surface area contributed by atoms with Crippen molar-refractivity contribution in [2.45, 2.75) is 0 Å². The van der Waals surface area contributed by atoms with E-state index in [1.54, 1.807) is 0 Å². The van der Waals surface area contributed by atoms with Crippen molar-refractivity contribution in [2.75, 3.05) is 20.6 Å². The van der Waals surface area contributed by atoms with Gasteiger partial charge in [-0.2, -0.15) is 0 Å². The lowest BCUT2D eigenvalue weighted by atomic mass is 9.80. The third-order valence-corrected chi connectivity index (χ3v) is 2.10. The lowest BCUT2D eigenvalue weighted by Gasteiger charge is -2.14. The van der Waals surface area contributed by atoms with Crippen LogP contribution in [0.5, 0.6) is 0 Å². The normalized spacial score (nSPS) is 12.6. The topological polar surface area (TPSA) is 3.24 Å². The van der Waals surface area contributed by atoms with Gasteiger partial charge in [-0.3, -0.25) is 0 Å². The molecule has 0 saturated heterocycles. The van der Waals surface area contributed by atoms with Gasteiger partial charge in [0.1, 0.15) is 0 Å². The Balaban J connectivity index is 2.69. The lowest BCUT2D eigenvalue weighted by molar-refractivity contribution is 0.457. The zero-order chi connectivity index (χ0) is 12.2. The number of hydrogen-bond acceptors (Lipinski definition) is 1. The van der Waals surface area contributed by atoms with Crippen LogP contribution in [0.4, 0.5) is 12.9 Å². The largest absolute Gasteiger partial charge is 0.509 e. The zero-order valence-corrected chi connectivity index (χ0v) is 9.33. The van der Waals surface area contributed by atoms with Gasteiger partial charge < -0.3 is 17.8 Å². The maximum absolute atomic E-state index is 12.3. The zero-order valence-electron chi connectivity index (χ0n) is 9.33. The molecule has 16 heavy (non-hydrogen) atoms. The standard InChI is InChI=1S/C11H14BF3N/c1-16(2)9-3-4-10-5-7-11(8-6-10)12(13,14)15/h3-8H,9H2,1-2H3/q-1/b4-3+. The van der Waals surface area contributed by atoms with E-state index in [4.69, 9.17) is 0 Å². The van der Waals surface area contributed by atoms with E-state index in [-0.39, 0.29) is 0 Å². The Morgan fingerprint density at radius 1 is 1.12 bits per heavy atom. The van der Waals surface area contributed by atoms with Gasteiger partial charge in [0.2, 0.25) is 0 Å². The van der Waals surface area contributed by atoms with Crippen LogP contribution in [0.3, 0.4) is 0 Å². The highest BCUT2D eigenvalue weighted by atomic mass is 19.4. The summed E-state index contributed by atoms with van der Waals surface area (Å²) in [6.07, 6.45) is 3.72. The first kappa shape index (κ1) is 12.8. The number of halogens is 3. The van der Waals surface area contributed by atoms with Crippen LogP contribution in [-0.2, 0) is 0 Å². The Kier molecular flexibility index (Phi) is 4.18. The van der Waals surface area contributed by atoms with Crippen LogP contribution in [0.2, 0.25) is 0 Å². The summed E-state index contributed by atoms with van der Waals surface area (Å²) in [5.74, 6) is 0. The molecule has 0 aliphatic heterocycles. The van der Waals surface area contributed by atoms with Crippen molar-refractivity contribution in [1.29, 1.82) is 0 Å². The molecule has 1 aromatic rings. The van der Waals surface area contributed by atoms with Gasteiger partial charge in [0.25, 0.3) is 0 Å². The van der Waals surface area contributed by atoms with E-state index in [1.165, 1.54) is 12.1 Å². The van der Waals surface area contributed by atoms with Crippen LogP contribution >= 0.6 is 0 Å². The van der Waals surface area contributed by atoms with Gasteiger partial charge in [-0.25, -0.2) is 0 Å². The molecule has 0 aliphatic rings. The third-order valence-electron chi connectivity index (χ3n) is 2.10. The number of benzene rings is 1. The minimum Gasteiger partial charge on any atom is -0.445 e. The van der Waals surface area contributed by atoms with E-state index in [1.807, 2.05) is 31.1 Å². The Labute approximate surface area is 93.6 Å². The molecule has 0 N–H and O–H groups in total. The van der Waals surface area contributed by atoms with Gasteiger partial charge >= 0.3 is 6.98 Å². The fourth-order valence-corrected chi connectivity index (χ4v) is 1.22. The van der Waals surface area contributed by atoms with E-state index in [0.717, 1.165) is 24.2 Å². The highest BCUT2D eigenvalue weighted by Gasteiger charge is 2.24. The first-order valence-electron chi connectivity index (χ1n) is 5.01. The van der Waals surface area contributed by atoms with Crippen LogP contribution < -0.4 is 5.46 Å². The van der Waals surface area contributed by atoms with E-state index >= 15 is 0 Å². The molecule has 0 aliphatic carbocycles. The highest BCUT2D eigenvalue weighted by molar-refractivity contribution is 6.73.